The Kier molecular flexibility index (Phi) is 6.34. The fourth-order valence-corrected chi connectivity index (χ4v) is 3.34. The standard InChI is InChI=1S/C21H27N3O4/c1-3-17(25-11-1)8-10-23-21(24-14-18-4-2-12-26-18)22-9-7-16-5-6-19-20(13-16)28-15-27-19/h1,3,5-6,11,13,18H,2,4,7-10,12,14-15H2,(H2,22,23,24). The highest BCUT2D eigenvalue weighted by Gasteiger charge is 2.15. The summed E-state index contributed by atoms with van der Waals surface area (Å²) < 4.78 is 21.9. The number of hydrogen-bond donors (Lipinski definition) is 2. The number of guanidine groups is 1. The molecule has 1 aromatic heterocycles. The van der Waals surface area contributed by atoms with Crippen molar-refractivity contribution in [1.82, 2.24) is 10.6 Å². The van der Waals surface area contributed by atoms with Crippen LogP contribution in [0.15, 0.2) is 46.0 Å². The van der Waals surface area contributed by atoms with Crippen molar-refractivity contribution in [1.29, 1.82) is 0 Å². The van der Waals surface area contributed by atoms with Crippen molar-refractivity contribution >= 4 is 5.96 Å². The van der Waals surface area contributed by atoms with Crippen molar-refractivity contribution in [2.45, 2.75) is 31.8 Å². The Bertz CT molecular complexity index is 770. The first-order valence-electron chi connectivity index (χ1n) is 9.91. The third kappa shape index (κ3) is 5.19. The number of rotatable bonds is 8. The van der Waals surface area contributed by atoms with E-state index in [1.54, 1.807) is 6.26 Å². The van der Waals surface area contributed by atoms with Gasteiger partial charge in [0.05, 0.1) is 18.9 Å². The molecule has 0 aliphatic carbocycles. The fraction of sp³-hybridized carbons (Fsp3) is 0.476. The number of fused-ring (bicyclic) bond motifs is 1. The normalized spacial score (nSPS) is 18.4. The maximum Gasteiger partial charge on any atom is 0.231 e. The SMILES string of the molecule is c1coc(CCNC(=NCC2CCCO2)NCCc2ccc3c(c2)OCO3)c1. The molecule has 1 atom stereocenters. The van der Waals surface area contributed by atoms with E-state index in [1.807, 2.05) is 24.3 Å². The lowest BCUT2D eigenvalue weighted by Gasteiger charge is -2.14. The maximum atomic E-state index is 5.68. The van der Waals surface area contributed by atoms with E-state index < -0.39 is 0 Å². The quantitative estimate of drug-likeness (QED) is 0.537. The Balaban J connectivity index is 1.28. The van der Waals surface area contributed by atoms with Gasteiger partial charge in [-0.15, -0.1) is 0 Å². The number of ether oxygens (including phenoxy) is 3. The summed E-state index contributed by atoms with van der Waals surface area (Å²) in [5.74, 6) is 3.41. The average Bonchev–Trinajstić information content (AvgIpc) is 3.47. The van der Waals surface area contributed by atoms with Gasteiger partial charge in [-0.2, -0.15) is 0 Å². The van der Waals surface area contributed by atoms with Gasteiger partial charge in [0.2, 0.25) is 6.79 Å². The van der Waals surface area contributed by atoms with E-state index in [9.17, 15) is 0 Å². The summed E-state index contributed by atoms with van der Waals surface area (Å²) in [6.07, 6.45) is 5.83. The van der Waals surface area contributed by atoms with Gasteiger partial charge in [0.1, 0.15) is 5.76 Å². The summed E-state index contributed by atoms with van der Waals surface area (Å²) in [4.78, 5) is 4.71. The maximum absolute atomic E-state index is 5.68. The largest absolute Gasteiger partial charge is 0.469 e. The molecule has 3 heterocycles. The number of nitrogens with zero attached hydrogens (tertiary/aromatic N) is 1. The Hall–Kier alpha value is -2.67. The summed E-state index contributed by atoms with van der Waals surface area (Å²) in [7, 11) is 0. The van der Waals surface area contributed by atoms with E-state index in [2.05, 4.69) is 16.7 Å². The van der Waals surface area contributed by atoms with Gasteiger partial charge in [-0.05, 0) is 49.1 Å². The number of aliphatic imine (C=N–C) groups is 1. The van der Waals surface area contributed by atoms with E-state index in [1.165, 1.54) is 5.56 Å². The lowest BCUT2D eigenvalue weighted by molar-refractivity contribution is 0.117. The first kappa shape index (κ1) is 18.7. The topological polar surface area (TPSA) is 77.3 Å². The van der Waals surface area contributed by atoms with Crippen LogP contribution >= 0.6 is 0 Å². The second kappa shape index (κ2) is 9.50. The van der Waals surface area contributed by atoms with Crippen molar-refractivity contribution in [3.05, 3.63) is 47.9 Å². The van der Waals surface area contributed by atoms with E-state index >= 15 is 0 Å². The van der Waals surface area contributed by atoms with Crippen molar-refractivity contribution in [2.75, 3.05) is 33.0 Å². The predicted molar refractivity (Wildman–Crippen MR) is 106 cm³/mol. The van der Waals surface area contributed by atoms with E-state index in [4.69, 9.17) is 23.6 Å². The zero-order chi connectivity index (χ0) is 19.0. The Morgan fingerprint density at radius 1 is 1.07 bits per heavy atom. The van der Waals surface area contributed by atoms with E-state index in [0.717, 1.165) is 68.6 Å². The molecule has 7 nitrogen and oxygen atoms in total. The Morgan fingerprint density at radius 3 is 2.79 bits per heavy atom. The van der Waals surface area contributed by atoms with Gasteiger partial charge in [-0.1, -0.05) is 6.07 Å². The molecule has 1 saturated heterocycles. The fourth-order valence-electron chi connectivity index (χ4n) is 3.34. The number of hydrogen-bond acceptors (Lipinski definition) is 5. The van der Waals surface area contributed by atoms with Crippen LogP contribution in [0, 0.1) is 0 Å². The highest BCUT2D eigenvalue weighted by molar-refractivity contribution is 5.79. The van der Waals surface area contributed by atoms with Crippen LogP contribution in [0.5, 0.6) is 11.5 Å². The summed E-state index contributed by atoms with van der Waals surface area (Å²) in [5, 5.41) is 6.81. The van der Waals surface area contributed by atoms with Crippen LogP contribution in [-0.2, 0) is 17.6 Å². The van der Waals surface area contributed by atoms with Crippen LogP contribution in [0.25, 0.3) is 0 Å². The van der Waals surface area contributed by atoms with Crippen molar-refractivity contribution in [2.24, 2.45) is 4.99 Å². The van der Waals surface area contributed by atoms with Crippen LogP contribution < -0.4 is 20.1 Å². The van der Waals surface area contributed by atoms with Gasteiger partial charge in [-0.3, -0.25) is 4.99 Å². The van der Waals surface area contributed by atoms with Crippen LogP contribution in [-0.4, -0.2) is 45.1 Å². The molecule has 1 unspecified atom stereocenters. The van der Waals surface area contributed by atoms with Crippen LogP contribution in [0.1, 0.15) is 24.2 Å². The van der Waals surface area contributed by atoms with Crippen molar-refractivity contribution < 1.29 is 18.6 Å². The van der Waals surface area contributed by atoms with E-state index in [0.29, 0.717) is 13.3 Å². The van der Waals surface area contributed by atoms with Gasteiger partial charge < -0.3 is 29.3 Å². The lowest BCUT2D eigenvalue weighted by atomic mass is 10.1. The molecule has 28 heavy (non-hydrogen) atoms. The van der Waals surface area contributed by atoms with Gasteiger partial charge in [0, 0.05) is 26.1 Å². The molecule has 1 aromatic carbocycles. The highest BCUT2D eigenvalue weighted by atomic mass is 16.7. The Morgan fingerprint density at radius 2 is 1.96 bits per heavy atom. The second-order valence-electron chi connectivity index (χ2n) is 6.94. The number of benzene rings is 1. The molecule has 7 heteroatoms. The zero-order valence-electron chi connectivity index (χ0n) is 16.0. The van der Waals surface area contributed by atoms with Gasteiger partial charge in [-0.25, -0.2) is 0 Å². The monoisotopic (exact) mass is 385 g/mol. The Labute approximate surface area is 165 Å². The molecule has 2 N–H and O–H groups in total. The first-order valence-corrected chi connectivity index (χ1v) is 9.91. The van der Waals surface area contributed by atoms with Gasteiger partial charge >= 0.3 is 0 Å². The summed E-state index contributed by atoms with van der Waals surface area (Å²) in [6, 6.07) is 9.97. The molecule has 150 valence electrons. The molecule has 4 rings (SSSR count). The molecule has 0 radical (unpaired) electrons. The second-order valence-corrected chi connectivity index (χ2v) is 6.94. The molecular weight excluding hydrogens is 358 g/mol. The minimum absolute atomic E-state index is 0.234. The minimum atomic E-state index is 0.234. The molecular formula is C21H27N3O4. The summed E-state index contributed by atoms with van der Waals surface area (Å²) in [5.41, 5.74) is 1.20. The third-order valence-electron chi connectivity index (χ3n) is 4.86. The lowest BCUT2D eigenvalue weighted by Crippen LogP contribution is -2.40. The van der Waals surface area contributed by atoms with Crippen molar-refractivity contribution in [3.8, 4) is 11.5 Å². The molecule has 2 aromatic rings. The average molecular weight is 385 g/mol. The third-order valence-corrected chi connectivity index (χ3v) is 4.86. The predicted octanol–water partition coefficient (Wildman–Crippen LogP) is 2.51. The minimum Gasteiger partial charge on any atom is -0.469 e. The first-order chi connectivity index (χ1) is 13.9. The van der Waals surface area contributed by atoms with Crippen molar-refractivity contribution in [3.63, 3.8) is 0 Å². The molecule has 0 saturated carbocycles. The molecule has 0 amide bonds. The van der Waals surface area contributed by atoms with E-state index in [-0.39, 0.29) is 6.10 Å². The zero-order valence-corrected chi connectivity index (χ0v) is 16.0. The number of furan rings is 1. The van der Waals surface area contributed by atoms with Gasteiger partial charge in [0.25, 0.3) is 0 Å². The highest BCUT2D eigenvalue weighted by Crippen LogP contribution is 2.32. The summed E-state index contributed by atoms with van der Waals surface area (Å²) >= 11 is 0. The molecule has 0 bridgehead atoms. The van der Waals surface area contributed by atoms with Crippen LogP contribution in [0.2, 0.25) is 0 Å². The molecule has 2 aliphatic heterocycles. The molecule has 1 fully saturated rings. The molecule has 2 aliphatic rings. The van der Waals surface area contributed by atoms with Crippen LogP contribution in [0.4, 0.5) is 0 Å². The number of nitrogens with one attached hydrogen (secondary N) is 2. The van der Waals surface area contributed by atoms with Crippen LogP contribution in [0.3, 0.4) is 0 Å². The smallest absolute Gasteiger partial charge is 0.231 e. The van der Waals surface area contributed by atoms with Gasteiger partial charge in [0.15, 0.2) is 17.5 Å². The summed E-state index contributed by atoms with van der Waals surface area (Å²) in [6.45, 7) is 3.36. The molecule has 0 spiro atoms.